The molecular weight excluding hydrogens is 284 g/mol. The van der Waals surface area contributed by atoms with Gasteiger partial charge in [0, 0.05) is 5.41 Å². The molecule has 2 nitrogen and oxygen atoms in total. The topological polar surface area (TPSA) is 37.3 Å². The maximum Gasteiger partial charge on any atom is 0.309 e. The summed E-state index contributed by atoms with van der Waals surface area (Å²) in [5, 5.41) is 10.0. The molecule has 5 unspecified atom stereocenters. The highest BCUT2D eigenvalue weighted by atomic mass is 16.4. The van der Waals surface area contributed by atoms with Crippen LogP contribution in [0.4, 0.5) is 0 Å². The minimum absolute atomic E-state index is 0.102. The first kappa shape index (κ1) is 16.8. The number of aliphatic carboxylic acids is 1. The fourth-order valence-electron chi connectivity index (χ4n) is 6.22. The monoisotopic (exact) mass is 316 g/mol. The normalized spacial score (nSPS) is 49.6. The van der Waals surface area contributed by atoms with E-state index >= 15 is 0 Å². The van der Waals surface area contributed by atoms with E-state index < -0.39 is 11.4 Å². The van der Waals surface area contributed by atoms with E-state index in [4.69, 9.17) is 0 Å². The third kappa shape index (κ3) is 2.03. The van der Waals surface area contributed by atoms with E-state index in [0.717, 1.165) is 32.1 Å². The lowest BCUT2D eigenvalue weighted by Crippen LogP contribution is -2.61. The van der Waals surface area contributed by atoms with E-state index in [1.807, 2.05) is 6.92 Å². The quantitative estimate of drug-likeness (QED) is 0.674. The Morgan fingerprint density at radius 1 is 1.22 bits per heavy atom. The summed E-state index contributed by atoms with van der Waals surface area (Å²) in [6.07, 6.45) is 12.0. The first-order valence-corrected chi connectivity index (χ1v) is 9.21. The molecule has 0 aromatic carbocycles. The smallest absolute Gasteiger partial charge is 0.309 e. The van der Waals surface area contributed by atoms with Gasteiger partial charge in [0.2, 0.25) is 0 Å². The Bertz CT molecular complexity index is 576. The molecule has 0 spiro atoms. The van der Waals surface area contributed by atoms with Gasteiger partial charge in [-0.05, 0) is 62.2 Å². The van der Waals surface area contributed by atoms with Gasteiger partial charge in [0.15, 0.2) is 0 Å². The van der Waals surface area contributed by atoms with Gasteiger partial charge in [0.25, 0.3) is 0 Å². The molecule has 0 bridgehead atoms. The summed E-state index contributed by atoms with van der Waals surface area (Å²) < 4.78 is 0. The maximum absolute atomic E-state index is 12.2. The maximum atomic E-state index is 12.2. The minimum atomic E-state index is -0.593. The average Bonchev–Trinajstić information content (AvgIpc) is 2.50. The zero-order valence-corrected chi connectivity index (χ0v) is 15.2. The second-order valence-electron chi connectivity index (χ2n) is 9.26. The molecule has 23 heavy (non-hydrogen) atoms. The first-order chi connectivity index (χ1) is 10.6. The van der Waals surface area contributed by atoms with Crippen LogP contribution in [0.2, 0.25) is 0 Å². The van der Waals surface area contributed by atoms with Gasteiger partial charge in [-0.1, -0.05) is 44.9 Å². The molecule has 1 N–H and O–H groups in total. The molecular formula is C21H32O2. The van der Waals surface area contributed by atoms with E-state index in [9.17, 15) is 9.90 Å². The molecule has 0 amide bonds. The van der Waals surface area contributed by atoms with Crippen LogP contribution in [0.25, 0.3) is 0 Å². The van der Waals surface area contributed by atoms with E-state index in [-0.39, 0.29) is 16.2 Å². The number of rotatable bonds is 2. The zero-order valence-electron chi connectivity index (χ0n) is 15.2. The average molecular weight is 316 g/mol. The Balaban J connectivity index is 2.07. The highest BCUT2D eigenvalue weighted by Crippen LogP contribution is 2.70. The molecule has 3 aliphatic rings. The molecule has 3 rings (SSSR count). The summed E-state index contributed by atoms with van der Waals surface area (Å²) in [7, 11) is 0. The summed E-state index contributed by atoms with van der Waals surface area (Å²) in [4.78, 5) is 12.2. The summed E-state index contributed by atoms with van der Waals surface area (Å²) >= 11 is 0. The fraction of sp³-hybridized carbons (Fsp3) is 0.762. The highest BCUT2D eigenvalue weighted by molar-refractivity contribution is 5.76. The predicted octanol–water partition coefficient (Wildman–Crippen LogP) is 5.60. The van der Waals surface area contributed by atoms with Crippen LogP contribution in [0.3, 0.4) is 0 Å². The highest BCUT2D eigenvalue weighted by Gasteiger charge is 2.65. The van der Waals surface area contributed by atoms with Crippen molar-refractivity contribution in [3.63, 3.8) is 0 Å². The van der Waals surface area contributed by atoms with E-state index in [1.54, 1.807) is 5.57 Å². The van der Waals surface area contributed by atoms with Crippen LogP contribution in [0, 0.1) is 27.6 Å². The van der Waals surface area contributed by atoms with Crippen LogP contribution in [-0.4, -0.2) is 11.1 Å². The third-order valence-corrected chi connectivity index (χ3v) is 8.41. The van der Waals surface area contributed by atoms with Gasteiger partial charge in [-0.15, -0.1) is 6.58 Å². The van der Waals surface area contributed by atoms with Crippen LogP contribution in [0.5, 0.6) is 0 Å². The molecule has 5 atom stereocenters. The second kappa shape index (κ2) is 4.97. The molecule has 0 heterocycles. The lowest BCUT2D eigenvalue weighted by atomic mass is 9.38. The number of hydrogen-bond acceptors (Lipinski definition) is 1. The van der Waals surface area contributed by atoms with Crippen LogP contribution in [0.15, 0.2) is 24.3 Å². The molecule has 128 valence electrons. The van der Waals surface area contributed by atoms with Crippen molar-refractivity contribution in [2.45, 2.75) is 72.6 Å². The number of carboxylic acid groups (broad SMARTS) is 1. The van der Waals surface area contributed by atoms with Crippen molar-refractivity contribution in [1.82, 2.24) is 0 Å². The van der Waals surface area contributed by atoms with Crippen molar-refractivity contribution in [3.8, 4) is 0 Å². The number of allylic oxidation sites excluding steroid dienone is 3. The summed E-state index contributed by atoms with van der Waals surface area (Å²) in [5.74, 6) is -0.0432. The Hall–Kier alpha value is -1.05. The summed E-state index contributed by atoms with van der Waals surface area (Å²) in [6.45, 7) is 13.0. The van der Waals surface area contributed by atoms with E-state index in [1.165, 1.54) is 12.8 Å². The van der Waals surface area contributed by atoms with Gasteiger partial charge < -0.3 is 5.11 Å². The van der Waals surface area contributed by atoms with Crippen molar-refractivity contribution in [2.24, 2.45) is 27.6 Å². The van der Waals surface area contributed by atoms with Crippen LogP contribution < -0.4 is 0 Å². The molecule has 0 radical (unpaired) electrons. The van der Waals surface area contributed by atoms with Crippen molar-refractivity contribution in [2.75, 3.05) is 0 Å². The van der Waals surface area contributed by atoms with E-state index in [0.29, 0.717) is 5.92 Å². The predicted molar refractivity (Wildman–Crippen MR) is 94.2 cm³/mol. The number of hydrogen-bond donors (Lipinski definition) is 1. The van der Waals surface area contributed by atoms with Crippen molar-refractivity contribution >= 4 is 5.97 Å². The van der Waals surface area contributed by atoms with Crippen molar-refractivity contribution in [3.05, 3.63) is 24.3 Å². The third-order valence-electron chi connectivity index (χ3n) is 8.41. The summed E-state index contributed by atoms with van der Waals surface area (Å²) in [6, 6.07) is 0. The van der Waals surface area contributed by atoms with Crippen molar-refractivity contribution < 1.29 is 9.90 Å². The minimum Gasteiger partial charge on any atom is -0.481 e. The number of fused-ring (bicyclic) bond motifs is 3. The Kier molecular flexibility index (Phi) is 3.63. The standard InChI is InChI=1S/C21H32O2/c1-6-18(2)12-9-16-15(14-18)8-13-21(5)19(16,3)10-7-11-20(21,4)17(22)23/h6,14,16H,1,7-13H2,2-5H3,(H,22,23). The zero-order chi connectivity index (χ0) is 17.1. The van der Waals surface area contributed by atoms with Gasteiger partial charge in [-0.2, -0.15) is 0 Å². The van der Waals surface area contributed by atoms with Crippen LogP contribution >= 0.6 is 0 Å². The lowest BCUT2D eigenvalue weighted by Gasteiger charge is -2.65. The summed E-state index contributed by atoms with van der Waals surface area (Å²) in [5.41, 5.74) is 1.10. The van der Waals surface area contributed by atoms with Crippen LogP contribution in [0.1, 0.15) is 72.6 Å². The molecule has 2 heteroatoms. The molecule has 0 saturated heterocycles. The Labute approximate surface area is 141 Å². The molecule has 0 aromatic rings. The first-order valence-electron chi connectivity index (χ1n) is 9.21. The molecule has 3 aliphatic carbocycles. The number of carbonyl (C=O) groups is 1. The Morgan fingerprint density at radius 3 is 2.52 bits per heavy atom. The van der Waals surface area contributed by atoms with Gasteiger partial charge in [-0.3, -0.25) is 4.79 Å². The molecule has 0 aliphatic heterocycles. The van der Waals surface area contributed by atoms with Crippen LogP contribution in [-0.2, 0) is 4.79 Å². The number of carboxylic acids is 1. The van der Waals surface area contributed by atoms with Gasteiger partial charge >= 0.3 is 5.97 Å². The van der Waals surface area contributed by atoms with Crippen molar-refractivity contribution in [1.29, 1.82) is 0 Å². The fourth-order valence-corrected chi connectivity index (χ4v) is 6.22. The Morgan fingerprint density at radius 2 is 1.91 bits per heavy atom. The molecule has 2 saturated carbocycles. The molecule has 2 fully saturated rings. The SMILES string of the molecule is C=CC1(C)C=C2CCC3(C)C(C)(C(=O)O)CCCC3(C)C2CC1. The molecule has 0 aromatic heterocycles. The van der Waals surface area contributed by atoms with Gasteiger partial charge in [0.05, 0.1) is 5.41 Å². The van der Waals surface area contributed by atoms with Gasteiger partial charge in [-0.25, -0.2) is 0 Å². The largest absolute Gasteiger partial charge is 0.481 e. The lowest BCUT2D eigenvalue weighted by molar-refractivity contribution is -0.187. The second-order valence-corrected chi connectivity index (χ2v) is 9.26. The van der Waals surface area contributed by atoms with Gasteiger partial charge in [0.1, 0.15) is 0 Å². The van der Waals surface area contributed by atoms with E-state index in [2.05, 4.69) is 39.5 Å².